The molecule has 0 aliphatic rings. The molecule has 74 valence electrons. The first-order chi connectivity index (χ1) is 6.66. The number of aliphatic hydroxyl groups is 1. The Morgan fingerprint density at radius 1 is 1.50 bits per heavy atom. The van der Waals surface area contributed by atoms with Crippen LogP contribution in [0.15, 0.2) is 24.3 Å². The topological polar surface area (TPSA) is 23.5 Å². The number of nitrogens with zero attached hydrogens (tertiary/aromatic N) is 1. The van der Waals surface area contributed by atoms with E-state index in [2.05, 4.69) is 5.92 Å². The molecule has 2 nitrogen and oxygen atoms in total. The van der Waals surface area contributed by atoms with Crippen LogP contribution in [0, 0.1) is 12.3 Å². The average molecular weight is 189 g/mol. The molecule has 0 aliphatic carbocycles. The van der Waals surface area contributed by atoms with Crippen LogP contribution >= 0.6 is 0 Å². The van der Waals surface area contributed by atoms with Gasteiger partial charge in [-0.3, -0.25) is 0 Å². The maximum atomic E-state index is 9.54. The number of benzene rings is 1. The van der Waals surface area contributed by atoms with Crippen molar-refractivity contribution in [3.63, 3.8) is 0 Å². The van der Waals surface area contributed by atoms with E-state index in [9.17, 15) is 5.11 Å². The number of terminal acetylenes is 1. The molecule has 1 aromatic rings. The highest BCUT2D eigenvalue weighted by Gasteiger charge is 2.09. The lowest BCUT2D eigenvalue weighted by Crippen LogP contribution is -2.19. The molecule has 1 N–H and O–H groups in total. The molecule has 0 radical (unpaired) electrons. The maximum Gasteiger partial charge on any atom is 0.0788 e. The molecule has 0 amide bonds. The van der Waals surface area contributed by atoms with Crippen LogP contribution < -0.4 is 4.90 Å². The van der Waals surface area contributed by atoms with Gasteiger partial charge in [-0.05, 0) is 13.0 Å². The molecule has 0 bridgehead atoms. The van der Waals surface area contributed by atoms with E-state index in [0.29, 0.717) is 6.54 Å². The number of anilines is 1. The highest BCUT2D eigenvalue weighted by Crippen LogP contribution is 2.24. The van der Waals surface area contributed by atoms with E-state index in [0.717, 1.165) is 11.3 Å². The van der Waals surface area contributed by atoms with E-state index in [1.807, 2.05) is 36.2 Å². The van der Waals surface area contributed by atoms with Gasteiger partial charge in [0.1, 0.15) is 0 Å². The van der Waals surface area contributed by atoms with Crippen molar-refractivity contribution in [2.75, 3.05) is 18.5 Å². The minimum absolute atomic E-state index is 0.466. The van der Waals surface area contributed by atoms with Crippen molar-refractivity contribution in [2.24, 2.45) is 0 Å². The number of aliphatic hydroxyl groups excluding tert-OH is 1. The van der Waals surface area contributed by atoms with Crippen LogP contribution in [0.1, 0.15) is 18.6 Å². The van der Waals surface area contributed by atoms with E-state index in [1.165, 1.54) is 0 Å². The Morgan fingerprint density at radius 3 is 2.71 bits per heavy atom. The minimum Gasteiger partial charge on any atom is -0.389 e. The standard InChI is InChI=1S/C12H15NO/c1-4-9-13(3)12-8-6-5-7-11(12)10(2)14/h1,5-8,10,14H,9H2,2-3H3. The van der Waals surface area contributed by atoms with Gasteiger partial charge < -0.3 is 10.0 Å². The summed E-state index contributed by atoms with van der Waals surface area (Å²) in [4.78, 5) is 1.95. The van der Waals surface area contributed by atoms with Crippen LogP contribution in [-0.2, 0) is 0 Å². The summed E-state index contributed by atoms with van der Waals surface area (Å²) in [5.74, 6) is 2.58. The number of para-hydroxylation sites is 1. The third kappa shape index (κ3) is 2.27. The summed E-state index contributed by atoms with van der Waals surface area (Å²) in [6.45, 7) is 2.30. The van der Waals surface area contributed by atoms with Crippen LogP contribution in [0.4, 0.5) is 5.69 Å². The van der Waals surface area contributed by atoms with E-state index >= 15 is 0 Å². The van der Waals surface area contributed by atoms with Gasteiger partial charge in [-0.25, -0.2) is 0 Å². The number of hydrogen-bond acceptors (Lipinski definition) is 2. The van der Waals surface area contributed by atoms with Crippen LogP contribution in [0.3, 0.4) is 0 Å². The highest BCUT2D eigenvalue weighted by molar-refractivity contribution is 5.54. The Kier molecular flexibility index (Phi) is 3.55. The summed E-state index contributed by atoms with van der Waals surface area (Å²) in [5, 5.41) is 9.54. The van der Waals surface area contributed by atoms with Crippen molar-refractivity contribution in [3.05, 3.63) is 29.8 Å². The first-order valence-electron chi connectivity index (χ1n) is 4.58. The molecule has 1 rings (SSSR count). The summed E-state index contributed by atoms with van der Waals surface area (Å²) < 4.78 is 0. The SMILES string of the molecule is C#CCN(C)c1ccccc1C(C)O. The summed E-state index contributed by atoms with van der Waals surface area (Å²) >= 11 is 0. The maximum absolute atomic E-state index is 9.54. The fourth-order valence-electron chi connectivity index (χ4n) is 1.41. The molecule has 14 heavy (non-hydrogen) atoms. The third-order valence-corrected chi connectivity index (χ3v) is 2.13. The molecular weight excluding hydrogens is 174 g/mol. The minimum atomic E-state index is -0.466. The zero-order chi connectivity index (χ0) is 10.6. The largest absolute Gasteiger partial charge is 0.389 e. The second-order valence-corrected chi connectivity index (χ2v) is 3.29. The lowest BCUT2D eigenvalue weighted by Gasteiger charge is -2.21. The van der Waals surface area contributed by atoms with Crippen molar-refractivity contribution in [2.45, 2.75) is 13.0 Å². The van der Waals surface area contributed by atoms with Crippen molar-refractivity contribution in [1.82, 2.24) is 0 Å². The lowest BCUT2D eigenvalue weighted by atomic mass is 10.1. The monoisotopic (exact) mass is 189 g/mol. The summed E-state index contributed by atoms with van der Waals surface area (Å²) in [5.41, 5.74) is 1.89. The van der Waals surface area contributed by atoms with E-state index in [-0.39, 0.29) is 0 Å². The second-order valence-electron chi connectivity index (χ2n) is 3.29. The Labute approximate surface area is 85.2 Å². The normalized spacial score (nSPS) is 11.9. The lowest BCUT2D eigenvalue weighted by molar-refractivity contribution is 0.199. The Morgan fingerprint density at radius 2 is 2.14 bits per heavy atom. The molecule has 0 saturated carbocycles. The van der Waals surface area contributed by atoms with Gasteiger partial charge in [-0.1, -0.05) is 24.1 Å². The predicted molar refractivity (Wildman–Crippen MR) is 59.2 cm³/mol. The van der Waals surface area contributed by atoms with Gasteiger partial charge in [0.05, 0.1) is 12.6 Å². The first-order valence-corrected chi connectivity index (χ1v) is 4.58. The van der Waals surface area contributed by atoms with Crippen molar-refractivity contribution < 1.29 is 5.11 Å². The summed E-state index contributed by atoms with van der Waals surface area (Å²) in [6, 6.07) is 7.72. The molecule has 2 heteroatoms. The fourth-order valence-corrected chi connectivity index (χ4v) is 1.41. The van der Waals surface area contributed by atoms with Crippen LogP contribution in [0.2, 0.25) is 0 Å². The summed E-state index contributed by atoms with van der Waals surface area (Å²) in [7, 11) is 1.92. The highest BCUT2D eigenvalue weighted by atomic mass is 16.3. The zero-order valence-electron chi connectivity index (χ0n) is 8.57. The molecule has 1 aromatic carbocycles. The molecule has 1 unspecified atom stereocenters. The predicted octanol–water partition coefficient (Wildman–Crippen LogP) is 1.81. The summed E-state index contributed by atoms with van der Waals surface area (Å²) in [6.07, 6.45) is 4.77. The van der Waals surface area contributed by atoms with Crippen molar-refractivity contribution in [3.8, 4) is 12.3 Å². The third-order valence-electron chi connectivity index (χ3n) is 2.13. The Bertz CT molecular complexity index is 338. The van der Waals surface area contributed by atoms with Crippen LogP contribution in [-0.4, -0.2) is 18.7 Å². The van der Waals surface area contributed by atoms with Gasteiger partial charge in [-0.2, -0.15) is 0 Å². The van der Waals surface area contributed by atoms with Crippen LogP contribution in [0.25, 0.3) is 0 Å². The van der Waals surface area contributed by atoms with Crippen LogP contribution in [0.5, 0.6) is 0 Å². The molecule has 0 spiro atoms. The fraction of sp³-hybridized carbons (Fsp3) is 0.333. The first kappa shape index (κ1) is 10.6. The molecule has 0 fully saturated rings. The van der Waals surface area contributed by atoms with Gasteiger partial charge in [0.25, 0.3) is 0 Å². The quantitative estimate of drug-likeness (QED) is 0.733. The van der Waals surface area contributed by atoms with Gasteiger partial charge in [0.15, 0.2) is 0 Å². The number of hydrogen-bond donors (Lipinski definition) is 1. The Balaban J connectivity index is 3.01. The average Bonchev–Trinajstić information content (AvgIpc) is 2.18. The molecular formula is C12H15NO. The van der Waals surface area contributed by atoms with Gasteiger partial charge in [0.2, 0.25) is 0 Å². The molecule has 0 aromatic heterocycles. The van der Waals surface area contributed by atoms with Crippen molar-refractivity contribution in [1.29, 1.82) is 0 Å². The zero-order valence-corrected chi connectivity index (χ0v) is 8.57. The second kappa shape index (κ2) is 4.69. The smallest absolute Gasteiger partial charge is 0.0788 e. The van der Waals surface area contributed by atoms with Gasteiger partial charge in [0, 0.05) is 18.3 Å². The van der Waals surface area contributed by atoms with Gasteiger partial charge in [-0.15, -0.1) is 6.42 Å². The molecule has 0 saturated heterocycles. The molecule has 0 heterocycles. The van der Waals surface area contributed by atoms with Gasteiger partial charge >= 0.3 is 0 Å². The Hall–Kier alpha value is -1.46. The van der Waals surface area contributed by atoms with Crippen molar-refractivity contribution >= 4 is 5.69 Å². The molecule has 0 aliphatic heterocycles. The van der Waals surface area contributed by atoms with E-state index < -0.39 is 6.10 Å². The van der Waals surface area contributed by atoms with E-state index in [1.54, 1.807) is 6.92 Å². The molecule has 1 atom stereocenters. The number of rotatable bonds is 3. The van der Waals surface area contributed by atoms with E-state index in [4.69, 9.17) is 6.42 Å².